The molecule has 4 saturated carbocycles. The molecule has 148 valence electrons. The van der Waals surface area contributed by atoms with Gasteiger partial charge in [0.05, 0.1) is 6.61 Å². The van der Waals surface area contributed by atoms with Crippen LogP contribution >= 0.6 is 0 Å². The largest absolute Gasteiger partial charge is 0.494 e. The number of hydrogen-bond donors (Lipinski definition) is 0. The lowest BCUT2D eigenvalue weighted by atomic mass is 9.48. The molecule has 0 N–H and O–H groups in total. The number of rotatable bonds is 6. The normalized spacial score (nSPS) is 36.3. The first kappa shape index (κ1) is 18.0. The molecule has 5 aliphatic rings. The monoisotopic (exact) mass is 368 g/mol. The van der Waals surface area contributed by atoms with Gasteiger partial charge in [-0.25, -0.2) is 0 Å². The summed E-state index contributed by atoms with van der Waals surface area (Å²) < 4.78 is 6.06. The summed E-state index contributed by atoms with van der Waals surface area (Å²) in [5.74, 6) is 4.10. The van der Waals surface area contributed by atoms with Crippen molar-refractivity contribution in [3.05, 3.63) is 29.8 Å². The van der Waals surface area contributed by atoms with Crippen molar-refractivity contribution < 1.29 is 4.74 Å². The molecular weight excluding hydrogens is 332 g/mol. The summed E-state index contributed by atoms with van der Waals surface area (Å²) >= 11 is 0. The summed E-state index contributed by atoms with van der Waals surface area (Å²) in [7, 11) is 2.22. The first-order valence-corrected chi connectivity index (χ1v) is 11.3. The van der Waals surface area contributed by atoms with Gasteiger partial charge in [-0.2, -0.15) is 0 Å². The minimum Gasteiger partial charge on any atom is -0.494 e. The molecule has 0 atom stereocenters. The van der Waals surface area contributed by atoms with Gasteiger partial charge in [0.25, 0.3) is 0 Å². The van der Waals surface area contributed by atoms with Gasteiger partial charge in [0, 0.05) is 32.7 Å². The molecule has 0 amide bonds. The summed E-state index contributed by atoms with van der Waals surface area (Å²) in [6.45, 7) is 6.81. The van der Waals surface area contributed by atoms with Crippen molar-refractivity contribution in [3.8, 4) is 5.75 Å². The van der Waals surface area contributed by atoms with Crippen molar-refractivity contribution in [3.63, 3.8) is 0 Å². The standard InChI is InChI=1S/C24H36N2O/c1-25-8-10-26(11-9-25)7-2-12-27-23-5-3-22(4-6-23)24-16-19-13-20(17-24)15-21(14-19)18-24/h3-6,19-21H,2,7-18H2,1H3. The molecule has 1 aromatic rings. The molecular formula is C24H36N2O. The quantitative estimate of drug-likeness (QED) is 0.701. The van der Waals surface area contributed by atoms with E-state index in [1.54, 1.807) is 5.56 Å². The van der Waals surface area contributed by atoms with Crippen molar-refractivity contribution in [2.24, 2.45) is 17.8 Å². The molecule has 3 heteroatoms. The molecule has 5 fully saturated rings. The summed E-state index contributed by atoms with van der Waals surface area (Å²) in [6, 6.07) is 9.26. The van der Waals surface area contributed by atoms with Crippen LogP contribution in [0, 0.1) is 17.8 Å². The molecule has 4 aliphatic carbocycles. The fourth-order valence-electron chi connectivity index (χ4n) is 6.92. The van der Waals surface area contributed by atoms with Gasteiger partial charge in [-0.1, -0.05) is 12.1 Å². The van der Waals surface area contributed by atoms with Gasteiger partial charge in [-0.3, -0.25) is 0 Å². The van der Waals surface area contributed by atoms with Gasteiger partial charge in [0.15, 0.2) is 0 Å². The molecule has 1 aliphatic heterocycles. The van der Waals surface area contributed by atoms with Crippen LogP contribution in [0.15, 0.2) is 24.3 Å². The molecule has 6 rings (SSSR count). The molecule has 27 heavy (non-hydrogen) atoms. The van der Waals surface area contributed by atoms with Crippen molar-refractivity contribution in [1.82, 2.24) is 9.80 Å². The van der Waals surface area contributed by atoms with E-state index in [4.69, 9.17) is 4.74 Å². The van der Waals surface area contributed by atoms with Crippen LogP contribution in [-0.2, 0) is 5.41 Å². The van der Waals surface area contributed by atoms with Gasteiger partial charge in [-0.15, -0.1) is 0 Å². The van der Waals surface area contributed by atoms with Crippen molar-refractivity contribution >= 4 is 0 Å². The summed E-state index contributed by atoms with van der Waals surface area (Å²) in [5.41, 5.74) is 2.11. The number of benzene rings is 1. The molecule has 0 aromatic heterocycles. The van der Waals surface area contributed by atoms with Crippen LogP contribution in [0.1, 0.15) is 50.5 Å². The van der Waals surface area contributed by atoms with E-state index in [9.17, 15) is 0 Å². The highest BCUT2D eigenvalue weighted by Crippen LogP contribution is 2.60. The molecule has 4 bridgehead atoms. The van der Waals surface area contributed by atoms with Crippen molar-refractivity contribution in [1.29, 1.82) is 0 Å². The maximum atomic E-state index is 6.06. The highest BCUT2D eigenvalue weighted by Gasteiger charge is 2.51. The molecule has 3 nitrogen and oxygen atoms in total. The fraction of sp³-hybridized carbons (Fsp3) is 0.750. The van der Waals surface area contributed by atoms with Crippen LogP contribution in [0.3, 0.4) is 0 Å². The van der Waals surface area contributed by atoms with E-state index in [2.05, 4.69) is 41.1 Å². The van der Waals surface area contributed by atoms with Gasteiger partial charge >= 0.3 is 0 Å². The predicted molar refractivity (Wildman–Crippen MR) is 110 cm³/mol. The molecule has 1 saturated heterocycles. The molecule has 0 radical (unpaired) electrons. The third-order valence-corrected chi connectivity index (χ3v) is 7.99. The maximum Gasteiger partial charge on any atom is 0.119 e. The smallest absolute Gasteiger partial charge is 0.119 e. The van der Waals surface area contributed by atoms with Gasteiger partial charge in [-0.05, 0) is 92.9 Å². The Morgan fingerprint density at radius 2 is 1.48 bits per heavy atom. The Morgan fingerprint density at radius 1 is 0.889 bits per heavy atom. The zero-order chi connectivity index (χ0) is 18.3. The minimum atomic E-state index is 0.509. The first-order chi connectivity index (χ1) is 13.2. The lowest BCUT2D eigenvalue weighted by molar-refractivity contribution is -0.00520. The summed E-state index contributed by atoms with van der Waals surface area (Å²) in [6.07, 6.45) is 10.0. The van der Waals surface area contributed by atoms with Crippen LogP contribution in [0.4, 0.5) is 0 Å². The SMILES string of the molecule is CN1CCN(CCCOc2ccc(C34CC5CC(CC(C5)C3)C4)cc2)CC1. The van der Waals surface area contributed by atoms with Gasteiger partial charge in [0.2, 0.25) is 0 Å². The fourth-order valence-corrected chi connectivity index (χ4v) is 6.92. The third kappa shape index (κ3) is 3.78. The van der Waals surface area contributed by atoms with Gasteiger partial charge < -0.3 is 14.5 Å². The van der Waals surface area contributed by atoms with E-state index in [1.165, 1.54) is 71.2 Å². The maximum absolute atomic E-state index is 6.06. The van der Waals surface area contributed by atoms with E-state index in [1.807, 2.05) is 0 Å². The van der Waals surface area contributed by atoms with Crippen LogP contribution in [0.25, 0.3) is 0 Å². The Balaban J connectivity index is 1.12. The second-order valence-electron chi connectivity index (χ2n) is 10.1. The van der Waals surface area contributed by atoms with Crippen LogP contribution in [0.5, 0.6) is 5.75 Å². The Labute approximate surface area is 165 Å². The number of piperazine rings is 1. The Hall–Kier alpha value is -1.06. The third-order valence-electron chi connectivity index (χ3n) is 7.99. The van der Waals surface area contributed by atoms with Crippen molar-refractivity contribution in [2.75, 3.05) is 46.4 Å². The summed E-state index contributed by atoms with van der Waals surface area (Å²) in [4.78, 5) is 4.98. The van der Waals surface area contributed by atoms with E-state index >= 15 is 0 Å². The number of nitrogens with zero attached hydrogens (tertiary/aromatic N) is 2. The number of hydrogen-bond acceptors (Lipinski definition) is 3. The molecule has 1 heterocycles. The zero-order valence-corrected chi connectivity index (χ0v) is 17.0. The molecule has 0 spiro atoms. The average molecular weight is 369 g/mol. The second-order valence-corrected chi connectivity index (χ2v) is 10.1. The van der Waals surface area contributed by atoms with Crippen molar-refractivity contribution in [2.45, 2.75) is 50.4 Å². The van der Waals surface area contributed by atoms with Crippen LogP contribution in [0.2, 0.25) is 0 Å². The lowest BCUT2D eigenvalue weighted by Gasteiger charge is -2.57. The minimum absolute atomic E-state index is 0.509. The predicted octanol–water partition coefficient (Wildman–Crippen LogP) is 4.17. The Bertz CT molecular complexity index is 597. The number of likely N-dealkylation sites (N-methyl/N-ethyl adjacent to an activating group) is 1. The van der Waals surface area contributed by atoms with Crippen LogP contribution in [-0.4, -0.2) is 56.2 Å². The Morgan fingerprint density at radius 3 is 2.07 bits per heavy atom. The van der Waals surface area contributed by atoms with E-state index in [0.717, 1.165) is 36.5 Å². The lowest BCUT2D eigenvalue weighted by Crippen LogP contribution is -2.48. The van der Waals surface area contributed by atoms with E-state index in [0.29, 0.717) is 5.41 Å². The van der Waals surface area contributed by atoms with E-state index < -0.39 is 0 Å². The average Bonchev–Trinajstić information content (AvgIpc) is 2.66. The van der Waals surface area contributed by atoms with Gasteiger partial charge in [0.1, 0.15) is 5.75 Å². The topological polar surface area (TPSA) is 15.7 Å². The second kappa shape index (κ2) is 7.40. The number of ether oxygens (including phenoxy) is 1. The summed E-state index contributed by atoms with van der Waals surface area (Å²) in [5, 5.41) is 0. The highest BCUT2D eigenvalue weighted by atomic mass is 16.5. The first-order valence-electron chi connectivity index (χ1n) is 11.3. The Kier molecular flexibility index (Phi) is 4.94. The van der Waals surface area contributed by atoms with E-state index in [-0.39, 0.29) is 0 Å². The molecule has 1 aromatic carbocycles. The zero-order valence-electron chi connectivity index (χ0n) is 17.0. The molecule has 0 unspecified atom stereocenters. The highest BCUT2D eigenvalue weighted by molar-refractivity contribution is 5.34. The van der Waals surface area contributed by atoms with Crippen LogP contribution < -0.4 is 4.74 Å².